The first kappa shape index (κ1) is 21.5. The van der Waals surface area contributed by atoms with Gasteiger partial charge in [-0.15, -0.1) is 0 Å². The molecule has 130 valence electrons. The Kier molecular flexibility index (Phi) is 13.7. The second-order valence-corrected chi connectivity index (χ2v) is 6.81. The first-order valence-corrected chi connectivity index (χ1v) is 9.14. The second-order valence-electron chi connectivity index (χ2n) is 6.10. The maximum atomic E-state index is 10.3. The molecule has 0 spiro atoms. The predicted molar refractivity (Wildman–Crippen MR) is 93.3 cm³/mol. The predicted octanol–water partition coefficient (Wildman–Crippen LogP) is 5.65. The molecule has 0 heterocycles. The van der Waals surface area contributed by atoms with Crippen LogP contribution in [-0.4, -0.2) is 21.2 Å². The van der Waals surface area contributed by atoms with E-state index in [2.05, 4.69) is 13.0 Å². The average molecular weight is 333 g/mol. The molecule has 0 aromatic carbocycles. The van der Waals surface area contributed by atoms with Gasteiger partial charge < -0.3 is 10.2 Å². The summed E-state index contributed by atoms with van der Waals surface area (Å²) in [6.07, 6.45) is 16.2. The Hall–Kier alpha value is -0.540. The number of carboxylic acids is 1. The minimum atomic E-state index is -1.08. The van der Waals surface area contributed by atoms with Crippen LogP contribution >= 0.6 is 11.6 Å². The number of rotatable bonds is 15. The van der Waals surface area contributed by atoms with E-state index in [1.807, 2.05) is 6.08 Å². The molecule has 0 saturated carbocycles. The van der Waals surface area contributed by atoms with Gasteiger partial charge in [0.15, 0.2) is 0 Å². The second kappa shape index (κ2) is 14.1. The van der Waals surface area contributed by atoms with Crippen LogP contribution in [0.4, 0.5) is 0 Å². The lowest BCUT2D eigenvalue weighted by atomic mass is 10.1. The zero-order valence-electron chi connectivity index (χ0n) is 14.0. The third-order valence-corrected chi connectivity index (χ3v) is 4.12. The van der Waals surface area contributed by atoms with Gasteiger partial charge in [0.05, 0.1) is 0 Å². The Morgan fingerprint density at radius 2 is 1.64 bits per heavy atom. The molecule has 22 heavy (non-hydrogen) atoms. The normalized spacial score (nSPS) is 14.3. The fraction of sp³-hybridized carbons (Fsp3) is 0.833. The van der Waals surface area contributed by atoms with Crippen molar-refractivity contribution in [3.05, 3.63) is 12.2 Å². The number of carboxylic acid groups (broad SMARTS) is 1. The van der Waals surface area contributed by atoms with Crippen LogP contribution in [0, 0.1) is 0 Å². The van der Waals surface area contributed by atoms with Gasteiger partial charge in [-0.1, -0.05) is 69.2 Å². The quantitative estimate of drug-likeness (QED) is 0.231. The van der Waals surface area contributed by atoms with Crippen LogP contribution in [0.1, 0.15) is 90.4 Å². The summed E-state index contributed by atoms with van der Waals surface area (Å²) in [6.45, 7) is 2.17. The third kappa shape index (κ3) is 15.8. The first-order valence-electron chi connectivity index (χ1n) is 8.76. The van der Waals surface area contributed by atoms with Crippen LogP contribution in [0.2, 0.25) is 0 Å². The van der Waals surface area contributed by atoms with Crippen molar-refractivity contribution in [3.63, 3.8) is 0 Å². The third-order valence-electron chi connectivity index (χ3n) is 3.77. The van der Waals surface area contributed by atoms with E-state index in [4.69, 9.17) is 16.7 Å². The van der Waals surface area contributed by atoms with Crippen LogP contribution in [-0.2, 0) is 4.79 Å². The van der Waals surface area contributed by atoms with E-state index in [1.165, 1.54) is 12.8 Å². The number of aliphatic carboxylic acids is 1. The molecule has 3 nitrogen and oxygen atoms in total. The lowest BCUT2D eigenvalue weighted by Crippen LogP contribution is -2.19. The molecule has 0 amide bonds. The first-order chi connectivity index (χ1) is 10.5. The molecular formula is C18H33ClO3. The lowest BCUT2D eigenvalue weighted by molar-refractivity contribution is -0.137. The topological polar surface area (TPSA) is 57.5 Å². The zero-order chi connectivity index (χ0) is 16.7. The zero-order valence-corrected chi connectivity index (χ0v) is 14.8. The van der Waals surface area contributed by atoms with Crippen molar-refractivity contribution in [1.29, 1.82) is 0 Å². The van der Waals surface area contributed by atoms with Crippen molar-refractivity contribution < 1.29 is 15.0 Å². The van der Waals surface area contributed by atoms with Crippen molar-refractivity contribution in [2.75, 3.05) is 0 Å². The molecule has 0 radical (unpaired) electrons. The minimum absolute atomic E-state index is 0.284. The highest BCUT2D eigenvalue weighted by molar-refractivity contribution is 6.22. The van der Waals surface area contributed by atoms with Gasteiger partial charge in [0, 0.05) is 12.8 Å². The number of aliphatic hydroxyl groups is 1. The van der Waals surface area contributed by atoms with Gasteiger partial charge in [-0.25, -0.2) is 0 Å². The van der Waals surface area contributed by atoms with Gasteiger partial charge in [0.1, 0.15) is 5.06 Å². The Labute approximate surface area is 140 Å². The summed E-state index contributed by atoms with van der Waals surface area (Å²) in [5.41, 5.74) is 0. The molecule has 0 fully saturated rings. The number of carbonyl (C=O) groups is 1. The fourth-order valence-electron chi connectivity index (χ4n) is 2.38. The number of allylic oxidation sites excluding steroid dienone is 1. The number of unbranched alkanes of at least 4 members (excludes halogenated alkanes) is 8. The number of halogens is 1. The summed E-state index contributed by atoms with van der Waals surface area (Å²) in [7, 11) is 0. The molecule has 0 unspecified atom stereocenters. The summed E-state index contributed by atoms with van der Waals surface area (Å²) < 4.78 is 0. The summed E-state index contributed by atoms with van der Waals surface area (Å²) in [6, 6.07) is 0. The van der Waals surface area contributed by atoms with E-state index in [-0.39, 0.29) is 6.42 Å². The van der Waals surface area contributed by atoms with Gasteiger partial charge in [0.25, 0.3) is 0 Å². The minimum Gasteiger partial charge on any atom is -0.481 e. The fourth-order valence-corrected chi connectivity index (χ4v) is 2.60. The van der Waals surface area contributed by atoms with Crippen LogP contribution in [0.5, 0.6) is 0 Å². The van der Waals surface area contributed by atoms with Gasteiger partial charge >= 0.3 is 5.97 Å². The molecule has 1 atom stereocenters. The Balaban J connectivity index is 3.46. The maximum Gasteiger partial charge on any atom is 0.303 e. The molecule has 0 aromatic rings. The number of alkyl halides is 1. The molecule has 4 heteroatoms. The smallest absolute Gasteiger partial charge is 0.303 e. The van der Waals surface area contributed by atoms with Crippen molar-refractivity contribution in [3.8, 4) is 0 Å². The Morgan fingerprint density at radius 1 is 1.00 bits per heavy atom. The highest BCUT2D eigenvalue weighted by atomic mass is 35.5. The van der Waals surface area contributed by atoms with Gasteiger partial charge in [-0.2, -0.15) is 0 Å². The molecule has 0 rings (SSSR count). The molecule has 0 aliphatic carbocycles. The van der Waals surface area contributed by atoms with E-state index >= 15 is 0 Å². The van der Waals surface area contributed by atoms with Crippen LogP contribution in [0.3, 0.4) is 0 Å². The molecule has 2 N–H and O–H groups in total. The maximum absolute atomic E-state index is 10.3. The summed E-state index contributed by atoms with van der Waals surface area (Å²) >= 11 is 6.09. The van der Waals surface area contributed by atoms with Gasteiger partial charge in [0.2, 0.25) is 0 Å². The molecular weight excluding hydrogens is 300 g/mol. The van der Waals surface area contributed by atoms with Crippen LogP contribution in [0.15, 0.2) is 12.2 Å². The van der Waals surface area contributed by atoms with Crippen molar-refractivity contribution in [2.24, 2.45) is 0 Å². The van der Waals surface area contributed by atoms with Gasteiger partial charge in [-0.05, 0) is 32.1 Å². The SMILES string of the molecule is CCCCCC[C@](O)(Cl)CC=CCCCCCCCC(=O)O. The molecule has 0 aromatic heterocycles. The van der Waals surface area contributed by atoms with E-state index in [0.717, 1.165) is 51.4 Å². The van der Waals surface area contributed by atoms with E-state index < -0.39 is 11.0 Å². The number of hydrogen-bond acceptors (Lipinski definition) is 2. The van der Waals surface area contributed by atoms with Crippen molar-refractivity contribution >= 4 is 17.6 Å². The average Bonchev–Trinajstić information content (AvgIpc) is 2.45. The summed E-state index contributed by atoms with van der Waals surface area (Å²) in [5.74, 6) is -0.703. The Morgan fingerprint density at radius 3 is 2.32 bits per heavy atom. The monoisotopic (exact) mass is 332 g/mol. The van der Waals surface area contributed by atoms with Crippen LogP contribution < -0.4 is 0 Å². The highest BCUT2D eigenvalue weighted by Crippen LogP contribution is 2.24. The van der Waals surface area contributed by atoms with E-state index in [0.29, 0.717) is 12.8 Å². The van der Waals surface area contributed by atoms with Crippen molar-refractivity contribution in [2.45, 2.75) is 95.5 Å². The van der Waals surface area contributed by atoms with E-state index in [1.54, 1.807) is 0 Å². The standard InChI is InChI=1S/C18H33ClO3/c1-2-3-4-12-15-18(19,22)16-13-10-8-6-5-7-9-11-14-17(20)21/h10,13,22H,2-9,11-12,14-16H2,1H3,(H,20,21)/t18-/m1/s1. The molecule has 0 saturated heterocycles. The van der Waals surface area contributed by atoms with Gasteiger partial charge in [-0.3, -0.25) is 4.79 Å². The molecule has 0 bridgehead atoms. The largest absolute Gasteiger partial charge is 0.481 e. The molecule has 0 aliphatic heterocycles. The van der Waals surface area contributed by atoms with E-state index in [9.17, 15) is 9.90 Å². The Bertz CT molecular complexity index is 301. The number of hydrogen-bond donors (Lipinski definition) is 2. The highest BCUT2D eigenvalue weighted by Gasteiger charge is 2.20. The molecule has 0 aliphatic rings. The van der Waals surface area contributed by atoms with Crippen LogP contribution in [0.25, 0.3) is 0 Å². The summed E-state index contributed by atoms with van der Waals surface area (Å²) in [5, 5.41) is 17.5. The lowest BCUT2D eigenvalue weighted by Gasteiger charge is -2.18. The van der Waals surface area contributed by atoms with Crippen molar-refractivity contribution in [1.82, 2.24) is 0 Å². The summed E-state index contributed by atoms with van der Waals surface area (Å²) in [4.78, 5) is 10.3.